The first-order valence-corrected chi connectivity index (χ1v) is 9.81. The SMILES string of the molecule is CCn1cnnc1SCc1csc(CC(=O)Nc2ccc(C)cc2)n1. The van der Waals surface area contributed by atoms with Gasteiger partial charge in [-0.15, -0.1) is 21.5 Å². The third-order valence-corrected chi connectivity index (χ3v) is 5.43. The molecule has 0 atom stereocenters. The van der Waals surface area contributed by atoms with Crippen LogP contribution in [0.25, 0.3) is 0 Å². The second-order valence-electron chi connectivity index (χ2n) is 5.51. The maximum absolute atomic E-state index is 12.1. The van der Waals surface area contributed by atoms with Gasteiger partial charge in [-0.25, -0.2) is 4.98 Å². The average molecular weight is 374 g/mol. The fraction of sp³-hybridized carbons (Fsp3) is 0.294. The van der Waals surface area contributed by atoms with Crippen molar-refractivity contribution in [3.63, 3.8) is 0 Å². The summed E-state index contributed by atoms with van der Waals surface area (Å²) in [5, 5.41) is 14.6. The molecule has 0 saturated heterocycles. The van der Waals surface area contributed by atoms with E-state index in [1.165, 1.54) is 16.9 Å². The molecule has 0 spiro atoms. The lowest BCUT2D eigenvalue weighted by atomic mass is 10.2. The van der Waals surface area contributed by atoms with E-state index in [-0.39, 0.29) is 12.3 Å². The van der Waals surface area contributed by atoms with Crippen LogP contribution >= 0.6 is 23.1 Å². The summed E-state index contributed by atoms with van der Waals surface area (Å²) in [4.78, 5) is 16.7. The maximum Gasteiger partial charge on any atom is 0.231 e. The van der Waals surface area contributed by atoms with Gasteiger partial charge in [-0.1, -0.05) is 29.5 Å². The number of aromatic nitrogens is 4. The normalized spacial score (nSPS) is 10.8. The lowest BCUT2D eigenvalue weighted by Gasteiger charge is -2.04. The minimum absolute atomic E-state index is 0.0527. The Balaban J connectivity index is 1.52. The quantitative estimate of drug-likeness (QED) is 0.641. The number of anilines is 1. The van der Waals surface area contributed by atoms with Crippen LogP contribution in [0.3, 0.4) is 0 Å². The zero-order valence-electron chi connectivity index (χ0n) is 14.1. The molecule has 3 aromatic rings. The van der Waals surface area contributed by atoms with E-state index in [4.69, 9.17) is 0 Å². The van der Waals surface area contributed by atoms with Gasteiger partial charge >= 0.3 is 0 Å². The van der Waals surface area contributed by atoms with Crippen LogP contribution in [0.15, 0.2) is 41.1 Å². The topological polar surface area (TPSA) is 72.7 Å². The van der Waals surface area contributed by atoms with Crippen molar-refractivity contribution < 1.29 is 4.79 Å². The van der Waals surface area contributed by atoms with Gasteiger partial charge in [0.05, 0.1) is 12.1 Å². The van der Waals surface area contributed by atoms with Gasteiger partial charge in [0.1, 0.15) is 11.3 Å². The Morgan fingerprint density at radius 3 is 2.88 bits per heavy atom. The molecule has 0 unspecified atom stereocenters. The minimum atomic E-state index is -0.0527. The van der Waals surface area contributed by atoms with Gasteiger partial charge in [-0.2, -0.15) is 0 Å². The molecule has 2 aromatic heterocycles. The third-order valence-electron chi connectivity index (χ3n) is 3.52. The number of amides is 1. The van der Waals surface area contributed by atoms with Gasteiger partial charge in [-0.05, 0) is 26.0 Å². The zero-order chi connectivity index (χ0) is 17.6. The molecule has 0 aliphatic rings. The highest BCUT2D eigenvalue weighted by molar-refractivity contribution is 7.98. The first-order valence-electron chi connectivity index (χ1n) is 7.94. The molecule has 0 aliphatic carbocycles. The van der Waals surface area contributed by atoms with E-state index >= 15 is 0 Å². The van der Waals surface area contributed by atoms with Gasteiger partial charge in [0.25, 0.3) is 0 Å². The number of nitrogens with zero attached hydrogens (tertiary/aromatic N) is 4. The lowest BCUT2D eigenvalue weighted by Crippen LogP contribution is -2.14. The van der Waals surface area contributed by atoms with Gasteiger partial charge in [0, 0.05) is 23.4 Å². The second-order valence-corrected chi connectivity index (χ2v) is 7.40. The van der Waals surface area contributed by atoms with Crippen molar-refractivity contribution in [2.45, 2.75) is 37.7 Å². The Hall–Kier alpha value is -2.19. The number of thioether (sulfide) groups is 1. The molecule has 0 aliphatic heterocycles. The van der Waals surface area contributed by atoms with E-state index < -0.39 is 0 Å². The second kappa shape index (κ2) is 8.26. The van der Waals surface area contributed by atoms with Crippen molar-refractivity contribution in [3.05, 3.63) is 52.2 Å². The van der Waals surface area contributed by atoms with Crippen molar-refractivity contribution in [2.75, 3.05) is 5.32 Å². The van der Waals surface area contributed by atoms with Crippen LogP contribution < -0.4 is 5.32 Å². The summed E-state index contributed by atoms with van der Waals surface area (Å²) in [6.07, 6.45) is 2.01. The summed E-state index contributed by atoms with van der Waals surface area (Å²) in [7, 11) is 0. The number of carbonyl (C=O) groups excluding carboxylic acids is 1. The molecule has 6 nitrogen and oxygen atoms in total. The van der Waals surface area contributed by atoms with E-state index in [1.807, 2.05) is 41.1 Å². The molecule has 8 heteroatoms. The molecule has 0 fully saturated rings. The molecule has 0 saturated carbocycles. The number of rotatable bonds is 7. The van der Waals surface area contributed by atoms with Crippen LogP contribution in [0.1, 0.15) is 23.2 Å². The highest BCUT2D eigenvalue weighted by atomic mass is 32.2. The number of aryl methyl sites for hydroxylation is 2. The fourth-order valence-electron chi connectivity index (χ4n) is 2.19. The molecule has 0 bridgehead atoms. The standard InChI is InChI=1S/C17H19N5OS2/c1-3-22-11-18-21-17(22)25-10-14-9-24-16(20-14)8-15(23)19-13-6-4-12(2)5-7-13/h4-7,9,11H,3,8,10H2,1-2H3,(H,19,23). The van der Waals surface area contributed by atoms with Gasteiger partial charge in [0.15, 0.2) is 5.16 Å². The summed E-state index contributed by atoms with van der Waals surface area (Å²) < 4.78 is 1.99. The van der Waals surface area contributed by atoms with Crippen LogP contribution in [-0.4, -0.2) is 25.7 Å². The number of nitrogens with one attached hydrogen (secondary N) is 1. The van der Waals surface area contributed by atoms with Crippen LogP contribution in [0, 0.1) is 6.92 Å². The Kier molecular flexibility index (Phi) is 5.83. The summed E-state index contributed by atoms with van der Waals surface area (Å²) >= 11 is 3.11. The van der Waals surface area contributed by atoms with E-state index in [1.54, 1.807) is 18.1 Å². The van der Waals surface area contributed by atoms with E-state index in [2.05, 4.69) is 27.4 Å². The van der Waals surface area contributed by atoms with Crippen LogP contribution in [-0.2, 0) is 23.5 Å². The number of hydrogen-bond acceptors (Lipinski definition) is 6. The number of benzene rings is 1. The Morgan fingerprint density at radius 2 is 2.12 bits per heavy atom. The molecule has 25 heavy (non-hydrogen) atoms. The maximum atomic E-state index is 12.1. The van der Waals surface area contributed by atoms with Crippen molar-refractivity contribution in [1.82, 2.24) is 19.7 Å². The minimum Gasteiger partial charge on any atom is -0.326 e. The molecule has 130 valence electrons. The lowest BCUT2D eigenvalue weighted by molar-refractivity contribution is -0.115. The molecule has 0 radical (unpaired) electrons. The summed E-state index contributed by atoms with van der Waals surface area (Å²) in [5.41, 5.74) is 2.93. The zero-order valence-corrected chi connectivity index (χ0v) is 15.7. The Labute approximate surface area is 154 Å². The highest BCUT2D eigenvalue weighted by Gasteiger charge is 2.10. The van der Waals surface area contributed by atoms with Crippen molar-refractivity contribution in [1.29, 1.82) is 0 Å². The molecular formula is C17H19N5OS2. The summed E-state index contributed by atoms with van der Waals surface area (Å²) in [6.45, 7) is 4.92. The van der Waals surface area contributed by atoms with E-state index in [9.17, 15) is 4.79 Å². The third kappa shape index (κ3) is 4.90. The molecule has 2 heterocycles. The number of thiazole rings is 1. The molecule has 1 N–H and O–H groups in total. The molecular weight excluding hydrogens is 354 g/mol. The predicted molar refractivity (Wildman–Crippen MR) is 101 cm³/mol. The van der Waals surface area contributed by atoms with Crippen LogP contribution in [0.2, 0.25) is 0 Å². The van der Waals surface area contributed by atoms with Gasteiger partial charge in [0.2, 0.25) is 5.91 Å². The molecule has 1 amide bonds. The average Bonchev–Trinajstić information content (AvgIpc) is 3.23. The van der Waals surface area contributed by atoms with Crippen molar-refractivity contribution >= 4 is 34.7 Å². The monoisotopic (exact) mass is 373 g/mol. The Morgan fingerprint density at radius 1 is 1.32 bits per heavy atom. The highest BCUT2D eigenvalue weighted by Crippen LogP contribution is 2.22. The first-order chi connectivity index (χ1) is 12.1. The molecule has 1 aromatic carbocycles. The first kappa shape index (κ1) is 17.6. The smallest absolute Gasteiger partial charge is 0.231 e. The van der Waals surface area contributed by atoms with Gasteiger partial charge < -0.3 is 9.88 Å². The van der Waals surface area contributed by atoms with Crippen molar-refractivity contribution in [3.8, 4) is 0 Å². The number of carbonyl (C=O) groups is 1. The Bertz CT molecular complexity index is 841. The van der Waals surface area contributed by atoms with Crippen LogP contribution in [0.4, 0.5) is 5.69 Å². The fourth-order valence-corrected chi connectivity index (χ4v) is 3.96. The predicted octanol–water partition coefficient (Wildman–Crippen LogP) is 3.54. The van der Waals surface area contributed by atoms with Gasteiger partial charge in [-0.3, -0.25) is 4.79 Å². The van der Waals surface area contributed by atoms with Crippen LogP contribution in [0.5, 0.6) is 0 Å². The van der Waals surface area contributed by atoms with E-state index in [0.29, 0.717) is 0 Å². The molecule has 3 rings (SSSR count). The number of hydrogen-bond donors (Lipinski definition) is 1. The largest absolute Gasteiger partial charge is 0.326 e. The van der Waals surface area contributed by atoms with Crippen molar-refractivity contribution in [2.24, 2.45) is 0 Å². The van der Waals surface area contributed by atoms with E-state index in [0.717, 1.165) is 33.8 Å². The summed E-state index contributed by atoms with van der Waals surface area (Å²) in [5.74, 6) is 0.664. The summed E-state index contributed by atoms with van der Waals surface area (Å²) in [6, 6.07) is 7.76.